The molecule has 1 aliphatic heterocycles. The van der Waals surface area contributed by atoms with Crippen LogP contribution in [0.25, 0.3) is 20.8 Å². The van der Waals surface area contributed by atoms with Gasteiger partial charge in [0.25, 0.3) is 5.91 Å². The Kier molecular flexibility index (Phi) is 4.50. The summed E-state index contributed by atoms with van der Waals surface area (Å²) in [7, 11) is 0. The van der Waals surface area contributed by atoms with Crippen LogP contribution in [0.5, 0.6) is 0 Å². The minimum atomic E-state index is -0.224. The van der Waals surface area contributed by atoms with Gasteiger partial charge in [-0.25, -0.2) is 4.98 Å². The Hall–Kier alpha value is -2.48. The number of carbonyl (C=O) groups is 1. The zero-order valence-corrected chi connectivity index (χ0v) is 17.0. The topological polar surface area (TPSA) is 58.4 Å². The molecule has 3 aromatic heterocycles. The van der Waals surface area contributed by atoms with Gasteiger partial charge in [-0.05, 0) is 42.8 Å². The van der Waals surface area contributed by atoms with Crippen LogP contribution in [0.2, 0.25) is 0 Å². The SMILES string of the molecule is CCN1CCc2c(sc(NC(=O)c3ccco3)c2-c2nc3ccccc3s2)C1. The van der Waals surface area contributed by atoms with Crippen LogP contribution in [0, 0.1) is 0 Å². The number of anilines is 1. The number of hydrogen-bond acceptors (Lipinski definition) is 6. The maximum absolute atomic E-state index is 12.6. The van der Waals surface area contributed by atoms with Gasteiger partial charge in [0.2, 0.25) is 0 Å². The van der Waals surface area contributed by atoms with Crippen LogP contribution >= 0.6 is 22.7 Å². The molecule has 1 amide bonds. The third kappa shape index (κ3) is 3.05. The van der Waals surface area contributed by atoms with E-state index >= 15 is 0 Å². The first-order chi connectivity index (χ1) is 13.7. The minimum Gasteiger partial charge on any atom is -0.459 e. The van der Waals surface area contributed by atoms with E-state index in [0.29, 0.717) is 5.76 Å². The van der Waals surface area contributed by atoms with Crippen LogP contribution in [0.3, 0.4) is 0 Å². The minimum absolute atomic E-state index is 0.224. The van der Waals surface area contributed by atoms with Gasteiger partial charge in [-0.2, -0.15) is 0 Å². The third-order valence-electron chi connectivity index (χ3n) is 5.06. The van der Waals surface area contributed by atoms with Crippen molar-refractivity contribution in [1.82, 2.24) is 9.88 Å². The maximum atomic E-state index is 12.6. The van der Waals surface area contributed by atoms with Crippen molar-refractivity contribution in [2.75, 3.05) is 18.4 Å². The monoisotopic (exact) mass is 409 g/mol. The fourth-order valence-corrected chi connectivity index (χ4v) is 5.99. The number of aromatic nitrogens is 1. The lowest BCUT2D eigenvalue weighted by atomic mass is 10.0. The average Bonchev–Trinajstić information content (AvgIpc) is 3.44. The van der Waals surface area contributed by atoms with Crippen molar-refractivity contribution in [3.63, 3.8) is 0 Å². The van der Waals surface area contributed by atoms with Gasteiger partial charge in [-0.1, -0.05) is 19.1 Å². The van der Waals surface area contributed by atoms with Crippen molar-refractivity contribution in [3.05, 3.63) is 58.9 Å². The normalized spacial score (nSPS) is 14.3. The molecule has 142 valence electrons. The molecule has 0 saturated carbocycles. The average molecular weight is 410 g/mol. The summed E-state index contributed by atoms with van der Waals surface area (Å²) in [6, 6.07) is 11.6. The number of carbonyl (C=O) groups excluding carboxylic acids is 1. The number of benzene rings is 1. The Balaban J connectivity index is 1.61. The molecule has 1 N–H and O–H groups in total. The number of thiazole rings is 1. The van der Waals surface area contributed by atoms with Gasteiger partial charge in [-0.15, -0.1) is 22.7 Å². The molecule has 4 aromatic rings. The molecule has 1 aromatic carbocycles. The summed E-state index contributed by atoms with van der Waals surface area (Å²) < 4.78 is 6.43. The molecule has 1 aliphatic rings. The predicted molar refractivity (Wildman–Crippen MR) is 114 cm³/mol. The van der Waals surface area contributed by atoms with Crippen LogP contribution < -0.4 is 5.32 Å². The molecule has 0 aliphatic carbocycles. The summed E-state index contributed by atoms with van der Waals surface area (Å²) in [5.41, 5.74) is 3.40. The highest BCUT2D eigenvalue weighted by atomic mass is 32.1. The predicted octanol–water partition coefficient (Wildman–Crippen LogP) is 5.25. The van der Waals surface area contributed by atoms with Gasteiger partial charge in [0.1, 0.15) is 10.0 Å². The Morgan fingerprint density at radius 2 is 2.14 bits per heavy atom. The standard InChI is InChI=1S/C21H19N3O2S2/c1-2-24-10-9-13-17(12-24)28-21(23-19(25)15-7-5-11-26-15)18(13)20-22-14-6-3-4-8-16(14)27-20/h3-8,11H,2,9-10,12H2,1H3,(H,23,25). The lowest BCUT2D eigenvalue weighted by Crippen LogP contribution is -2.29. The second-order valence-electron chi connectivity index (χ2n) is 6.74. The molecule has 0 spiro atoms. The molecule has 0 unspecified atom stereocenters. The van der Waals surface area contributed by atoms with Crippen molar-refractivity contribution in [2.45, 2.75) is 19.9 Å². The molecule has 5 rings (SSSR count). The Morgan fingerprint density at radius 1 is 1.25 bits per heavy atom. The van der Waals surface area contributed by atoms with Gasteiger partial charge in [0.05, 0.1) is 16.5 Å². The highest BCUT2D eigenvalue weighted by molar-refractivity contribution is 7.22. The number of para-hydroxylation sites is 1. The molecular formula is C21H19N3O2S2. The molecule has 0 radical (unpaired) electrons. The van der Waals surface area contributed by atoms with Gasteiger partial charge < -0.3 is 9.73 Å². The van der Waals surface area contributed by atoms with Crippen molar-refractivity contribution in [1.29, 1.82) is 0 Å². The number of furan rings is 1. The molecule has 7 heteroatoms. The van der Waals surface area contributed by atoms with Crippen LogP contribution in [-0.4, -0.2) is 28.9 Å². The van der Waals surface area contributed by atoms with E-state index in [1.54, 1.807) is 34.8 Å². The smallest absolute Gasteiger partial charge is 0.291 e. The van der Waals surface area contributed by atoms with E-state index < -0.39 is 0 Å². The molecular weight excluding hydrogens is 390 g/mol. The van der Waals surface area contributed by atoms with Gasteiger partial charge in [0, 0.05) is 23.5 Å². The number of nitrogens with zero attached hydrogens (tertiary/aromatic N) is 2. The van der Waals surface area contributed by atoms with E-state index in [-0.39, 0.29) is 5.91 Å². The summed E-state index contributed by atoms with van der Waals surface area (Å²) in [4.78, 5) is 21.3. The number of rotatable bonds is 4. The number of hydrogen-bond donors (Lipinski definition) is 1. The first-order valence-corrected chi connectivity index (χ1v) is 10.9. The molecule has 0 saturated heterocycles. The molecule has 0 bridgehead atoms. The number of likely N-dealkylation sites (N-methyl/N-ethyl adjacent to an activating group) is 1. The summed E-state index contributed by atoms with van der Waals surface area (Å²) in [5, 5.41) is 4.91. The number of amides is 1. The second kappa shape index (κ2) is 7.16. The van der Waals surface area contributed by atoms with Crippen molar-refractivity contribution in [3.8, 4) is 10.6 Å². The Bertz CT molecular complexity index is 1110. The van der Waals surface area contributed by atoms with Crippen molar-refractivity contribution >= 4 is 43.8 Å². The highest BCUT2D eigenvalue weighted by Crippen LogP contribution is 2.45. The van der Waals surface area contributed by atoms with Crippen molar-refractivity contribution < 1.29 is 9.21 Å². The van der Waals surface area contributed by atoms with E-state index in [2.05, 4.69) is 23.2 Å². The first kappa shape index (κ1) is 17.6. The van der Waals surface area contributed by atoms with Gasteiger partial charge in [0.15, 0.2) is 5.76 Å². The van der Waals surface area contributed by atoms with E-state index in [9.17, 15) is 4.79 Å². The molecule has 28 heavy (non-hydrogen) atoms. The number of fused-ring (bicyclic) bond motifs is 2. The lowest BCUT2D eigenvalue weighted by molar-refractivity contribution is 0.0997. The molecule has 0 atom stereocenters. The van der Waals surface area contributed by atoms with Crippen LogP contribution in [0.4, 0.5) is 5.00 Å². The first-order valence-electron chi connectivity index (χ1n) is 9.30. The quantitative estimate of drug-likeness (QED) is 0.500. The zero-order valence-electron chi connectivity index (χ0n) is 15.4. The van der Waals surface area contributed by atoms with Crippen LogP contribution in [-0.2, 0) is 13.0 Å². The van der Waals surface area contributed by atoms with E-state index in [0.717, 1.165) is 51.8 Å². The summed E-state index contributed by atoms with van der Waals surface area (Å²) in [5.74, 6) is 0.0927. The Labute approximate surface area is 170 Å². The molecule has 5 nitrogen and oxygen atoms in total. The lowest BCUT2D eigenvalue weighted by Gasteiger charge is -2.25. The fourth-order valence-electron chi connectivity index (χ4n) is 3.59. The largest absolute Gasteiger partial charge is 0.459 e. The summed E-state index contributed by atoms with van der Waals surface area (Å²) in [6.07, 6.45) is 2.49. The van der Waals surface area contributed by atoms with Crippen molar-refractivity contribution in [2.24, 2.45) is 0 Å². The van der Waals surface area contributed by atoms with Gasteiger partial charge in [-0.3, -0.25) is 9.69 Å². The maximum Gasteiger partial charge on any atom is 0.291 e. The van der Waals surface area contributed by atoms with Gasteiger partial charge >= 0.3 is 0 Å². The fraction of sp³-hybridized carbons (Fsp3) is 0.238. The number of thiophene rings is 1. The zero-order chi connectivity index (χ0) is 19.1. The number of nitrogens with one attached hydrogen (secondary N) is 1. The molecule has 0 fully saturated rings. The van der Waals surface area contributed by atoms with E-state index in [4.69, 9.17) is 9.40 Å². The van der Waals surface area contributed by atoms with E-state index in [1.807, 2.05) is 18.2 Å². The second-order valence-corrected chi connectivity index (χ2v) is 8.88. The van der Waals surface area contributed by atoms with E-state index in [1.165, 1.54) is 16.7 Å². The van der Waals surface area contributed by atoms with Crippen LogP contribution in [0.15, 0.2) is 47.1 Å². The summed E-state index contributed by atoms with van der Waals surface area (Å²) >= 11 is 3.34. The van der Waals surface area contributed by atoms with Crippen LogP contribution in [0.1, 0.15) is 27.9 Å². The third-order valence-corrected chi connectivity index (χ3v) is 7.25. The summed E-state index contributed by atoms with van der Waals surface area (Å²) in [6.45, 7) is 5.17. The molecule has 4 heterocycles. The highest BCUT2D eigenvalue weighted by Gasteiger charge is 2.27. The Morgan fingerprint density at radius 3 is 2.93 bits per heavy atom.